The summed E-state index contributed by atoms with van der Waals surface area (Å²) in [5, 5.41) is 91.3. The lowest BCUT2D eigenvalue weighted by Crippen LogP contribution is -2.03. The number of nitriles is 1. The number of aliphatic carboxylic acids is 6. The fraction of sp³-hybridized carbons (Fsp3) is 0.778. The number of hydrogen-bond acceptors (Lipinski definition) is 22. The van der Waals surface area contributed by atoms with Crippen LogP contribution < -0.4 is 0 Å². The van der Waals surface area contributed by atoms with E-state index in [2.05, 4.69) is 10.9 Å². The Morgan fingerprint density at radius 3 is 0.969 bits per heavy atom. The number of carbonyl (C=O) groups is 6. The Morgan fingerprint density at radius 2 is 0.662 bits per heavy atom. The van der Waals surface area contributed by atoms with E-state index in [0.717, 1.165) is 80.8 Å². The number of carboxylic acids is 6. The summed E-state index contributed by atoms with van der Waals surface area (Å²) >= 11 is 16.6. The molecule has 0 aromatic carbocycles. The van der Waals surface area contributed by atoms with Gasteiger partial charge in [-0.3, -0.25) is 28.8 Å². The van der Waals surface area contributed by atoms with Crippen molar-refractivity contribution in [1.82, 2.24) is 0 Å². The van der Waals surface area contributed by atoms with E-state index < -0.39 is 35.8 Å². The smallest absolute Gasteiger partial charge is 0.313 e. The molecular weight excluding hydrogens is 1070 g/mol. The van der Waals surface area contributed by atoms with Crippen molar-refractivity contribution >= 4 is 165 Å². The number of aliphatic hydroxyl groups excluding tert-OH is 4. The molecule has 0 atom stereocenters. The van der Waals surface area contributed by atoms with Gasteiger partial charge in [-0.15, -0.1) is 58.8 Å². The first kappa shape index (κ1) is 76.0. The Kier molecular flexibility index (Phi) is 84.7. The van der Waals surface area contributed by atoms with Crippen LogP contribution in [0.4, 0.5) is 0 Å². The van der Waals surface area contributed by atoms with Crippen LogP contribution in [0.3, 0.4) is 0 Å². The third-order valence-corrected chi connectivity index (χ3v) is 16.6. The highest BCUT2D eigenvalue weighted by Crippen LogP contribution is 2.11. The van der Waals surface area contributed by atoms with Crippen molar-refractivity contribution in [2.75, 3.05) is 153 Å². The third-order valence-electron chi connectivity index (χ3n) is 4.86. The summed E-state index contributed by atoms with van der Waals surface area (Å²) in [5.41, 5.74) is 0. The van der Waals surface area contributed by atoms with Crippen molar-refractivity contribution in [2.45, 2.75) is 12.8 Å². The van der Waals surface area contributed by atoms with Crippen LogP contribution >= 0.6 is 129 Å². The van der Waals surface area contributed by atoms with Gasteiger partial charge in [0.05, 0.1) is 72.8 Å². The van der Waals surface area contributed by atoms with E-state index >= 15 is 0 Å². The van der Waals surface area contributed by atoms with Crippen molar-refractivity contribution in [3.8, 4) is 6.07 Å². The zero-order chi connectivity index (χ0) is 50.5. The lowest BCUT2D eigenvalue weighted by Gasteiger charge is -1.98. The summed E-state index contributed by atoms with van der Waals surface area (Å²) in [6.07, 6.45) is 1.83. The van der Waals surface area contributed by atoms with Gasteiger partial charge in [0.1, 0.15) is 0 Å². The van der Waals surface area contributed by atoms with Gasteiger partial charge in [0.2, 0.25) is 6.54 Å². The molecule has 10 N–H and O–H groups in total. The summed E-state index contributed by atoms with van der Waals surface area (Å²) in [5.74, 6) is 7.82. The average Bonchev–Trinajstić information content (AvgIpc) is 3.24. The van der Waals surface area contributed by atoms with Gasteiger partial charge in [0.25, 0.3) is 0 Å². The Balaban J connectivity index is -0.000000161. The number of carboxylic acid groups (broad SMARTS) is 6. The molecule has 0 bridgehead atoms. The van der Waals surface area contributed by atoms with Gasteiger partial charge in [-0.1, -0.05) is 0 Å². The molecule has 0 saturated carbocycles. The lowest BCUT2D eigenvalue weighted by molar-refractivity contribution is -0.135. The number of aliphatic hydroxyl groups is 4. The van der Waals surface area contributed by atoms with Gasteiger partial charge in [-0.2, -0.15) is 75.8 Å². The largest absolute Gasteiger partial charge is 0.481 e. The summed E-state index contributed by atoms with van der Waals surface area (Å²) in [7, 11) is 0. The van der Waals surface area contributed by atoms with Crippen LogP contribution in [0.15, 0.2) is 0 Å². The molecule has 0 fully saturated rings. The van der Waals surface area contributed by atoms with E-state index in [9.17, 15) is 28.8 Å². The first-order valence-electron chi connectivity index (χ1n) is 18.9. The highest BCUT2D eigenvalue weighted by Gasteiger charge is 2.01. The minimum absolute atomic E-state index is 0.0343. The van der Waals surface area contributed by atoms with E-state index in [4.69, 9.17) is 62.9 Å². The first-order valence-corrected chi connectivity index (χ1v) is 31.6. The second-order valence-corrected chi connectivity index (χ2v) is 23.4. The number of rotatable bonds is 39. The van der Waals surface area contributed by atoms with Gasteiger partial charge in [-0.25, -0.2) is 6.57 Å². The number of hydrogen-bond donors (Lipinski definition) is 10. The molecule has 0 amide bonds. The second kappa shape index (κ2) is 72.5. The van der Waals surface area contributed by atoms with Gasteiger partial charge in [-0.05, 0) is 17.9 Å². The van der Waals surface area contributed by atoms with E-state index in [1.807, 2.05) is 23.5 Å². The Bertz CT molecular complexity index is 1100. The molecule has 65 heavy (non-hydrogen) atoms. The molecule has 29 heteroatoms. The molecule has 0 aromatic rings. The van der Waals surface area contributed by atoms with E-state index in [0.29, 0.717) is 29.6 Å². The van der Waals surface area contributed by atoms with Crippen LogP contribution in [0.2, 0.25) is 0 Å². The highest BCUT2D eigenvalue weighted by atomic mass is 32.2. The second-order valence-electron chi connectivity index (χ2n) is 10.5. The van der Waals surface area contributed by atoms with Gasteiger partial charge < -0.3 is 55.9 Å². The molecule has 0 rings (SSSR count). The Labute approximate surface area is 430 Å². The van der Waals surface area contributed by atoms with Crippen LogP contribution in [0.1, 0.15) is 12.8 Å². The molecule has 0 saturated heterocycles. The van der Waals surface area contributed by atoms with E-state index in [-0.39, 0.29) is 60.9 Å². The maximum atomic E-state index is 10.0. The van der Waals surface area contributed by atoms with Crippen LogP contribution in [0.25, 0.3) is 4.85 Å². The molecule has 0 aliphatic carbocycles. The normalized spacial score (nSPS) is 9.57. The van der Waals surface area contributed by atoms with Crippen molar-refractivity contribution < 1.29 is 79.8 Å². The Hall–Kier alpha value is -0.510. The number of nitrogens with zero attached hydrogens (tertiary/aromatic N) is 2. The monoisotopic (exact) mass is 1130 g/mol. The fourth-order valence-electron chi connectivity index (χ4n) is 2.58. The predicted octanol–water partition coefficient (Wildman–Crippen LogP) is 4.64. The summed E-state index contributed by atoms with van der Waals surface area (Å²) < 4.78 is 0. The zero-order valence-corrected chi connectivity index (χ0v) is 45.1. The maximum absolute atomic E-state index is 10.0. The van der Waals surface area contributed by atoms with Crippen LogP contribution in [0.5, 0.6) is 0 Å². The molecule has 18 nitrogen and oxygen atoms in total. The molecule has 0 spiro atoms. The molecule has 0 aliphatic heterocycles. The maximum Gasteiger partial charge on any atom is 0.313 e. The van der Waals surface area contributed by atoms with Crippen molar-refractivity contribution in [3.63, 3.8) is 0 Å². The van der Waals surface area contributed by atoms with Crippen molar-refractivity contribution in [2.24, 2.45) is 0 Å². The molecule has 382 valence electrons. The average molecular weight is 1140 g/mol. The zero-order valence-electron chi connectivity index (χ0n) is 36.1. The molecule has 0 aromatic heterocycles. The molecular formula is C36H66N2O16S11. The number of thioether (sulfide) groups is 11. The van der Waals surface area contributed by atoms with Gasteiger partial charge >= 0.3 is 35.8 Å². The molecule has 0 heterocycles. The highest BCUT2D eigenvalue weighted by molar-refractivity contribution is 8.16. The van der Waals surface area contributed by atoms with Crippen LogP contribution in [0, 0.1) is 17.9 Å². The van der Waals surface area contributed by atoms with Crippen LogP contribution in [-0.4, -0.2) is 240 Å². The Morgan fingerprint density at radius 1 is 0.385 bits per heavy atom. The minimum Gasteiger partial charge on any atom is -0.481 e. The van der Waals surface area contributed by atoms with Gasteiger partial charge in [0, 0.05) is 74.8 Å². The van der Waals surface area contributed by atoms with E-state index in [1.165, 1.54) is 53.5 Å². The first-order chi connectivity index (χ1) is 31.1. The topological polar surface area (TPSA) is 333 Å². The van der Waals surface area contributed by atoms with Gasteiger partial charge in [0.15, 0.2) is 0 Å². The SMILES string of the molecule is O=C(O)CSCC(=O)O.O=C(O)CSCCSCC(=O)O.O=C(O)CSCSCC(=O)O.OCCSCCCSCCO.OCCSCCSCCO.[C-]#[N+]CCSCCSCCC#N. The molecule has 0 radical (unpaired) electrons. The lowest BCUT2D eigenvalue weighted by atomic mass is 10.6. The summed E-state index contributed by atoms with van der Waals surface area (Å²) in [4.78, 5) is 62.7. The molecule has 0 aliphatic rings. The summed E-state index contributed by atoms with van der Waals surface area (Å²) in [6, 6.07) is 2.11. The fourth-order valence-corrected chi connectivity index (χ4v) is 11.1. The molecule has 0 unspecified atom stereocenters. The minimum atomic E-state index is -0.985. The van der Waals surface area contributed by atoms with E-state index in [1.54, 1.807) is 47.0 Å². The standard InChI is InChI=1S/C8H12N2S2.C7H16O2S2.C6H10O4S2.C6H14O2S2.C5H8O4S2.C4H6O4S/c1-10-4-6-12-8-7-11-5-2-3-9;8-2-6-10-4-1-5-11-7-3-9;7-5(8)3-11-1-2-12-4-6(9)10;7-1-3-9-5-6-10-4-2-8;6-4(7)1-10-3-11-2-5(8)9;5-3(6)1-9-2-4(7)8/h2,4-8H2;8-9H,1-7H2;1-4H2,(H,7,8)(H,9,10);7-8H,1-6H2;1-3H2,(H,6,7)(H,8,9);1-2H2,(H,5,6)(H,7,8). The predicted molar refractivity (Wildman–Crippen MR) is 286 cm³/mol. The van der Waals surface area contributed by atoms with Crippen LogP contribution in [-0.2, 0) is 28.8 Å². The van der Waals surface area contributed by atoms with Crippen molar-refractivity contribution in [3.05, 3.63) is 11.4 Å². The summed E-state index contributed by atoms with van der Waals surface area (Å²) in [6.45, 7) is 8.30. The third kappa shape index (κ3) is 111. The quantitative estimate of drug-likeness (QED) is 0.0228. The van der Waals surface area contributed by atoms with Crippen molar-refractivity contribution in [1.29, 1.82) is 5.26 Å².